The van der Waals surface area contributed by atoms with Crippen LogP contribution in [0.1, 0.15) is 56.6 Å². The molecule has 0 amide bonds. The minimum Gasteiger partial charge on any atom is -0.489 e. The maximum Gasteiger partial charge on any atom is 0.119 e. The lowest BCUT2D eigenvalue weighted by Crippen LogP contribution is -2.54. The summed E-state index contributed by atoms with van der Waals surface area (Å²) in [5, 5.41) is 5.15. The SMILES string of the molecule is C[C@@H](NCc1ccc(OCc2c(Cl)cccc2Cl)cc1)C12CC3CC(CC(C3)C1)C2. The molecule has 1 N–H and O–H groups in total. The van der Waals surface area contributed by atoms with Gasteiger partial charge >= 0.3 is 0 Å². The van der Waals surface area contributed by atoms with Crippen LogP contribution in [-0.4, -0.2) is 6.04 Å². The van der Waals surface area contributed by atoms with Crippen LogP contribution in [0.3, 0.4) is 0 Å². The minimum absolute atomic E-state index is 0.374. The van der Waals surface area contributed by atoms with Gasteiger partial charge < -0.3 is 10.1 Å². The van der Waals surface area contributed by atoms with E-state index < -0.39 is 0 Å². The maximum atomic E-state index is 6.23. The van der Waals surface area contributed by atoms with Crippen molar-refractivity contribution in [3.8, 4) is 5.75 Å². The maximum absolute atomic E-state index is 6.23. The number of halogens is 2. The molecule has 0 saturated heterocycles. The number of ether oxygens (including phenoxy) is 1. The number of benzene rings is 2. The zero-order valence-corrected chi connectivity index (χ0v) is 19.2. The Kier molecular flexibility index (Phi) is 5.77. The summed E-state index contributed by atoms with van der Waals surface area (Å²) in [5.41, 5.74) is 2.68. The van der Waals surface area contributed by atoms with Crippen LogP contribution >= 0.6 is 23.2 Å². The van der Waals surface area contributed by atoms with Gasteiger partial charge in [0.05, 0.1) is 0 Å². The highest BCUT2D eigenvalue weighted by molar-refractivity contribution is 6.35. The molecule has 1 atom stereocenters. The van der Waals surface area contributed by atoms with Crippen LogP contribution in [0.25, 0.3) is 0 Å². The van der Waals surface area contributed by atoms with E-state index in [1.165, 1.54) is 44.1 Å². The Labute approximate surface area is 190 Å². The Morgan fingerprint density at radius 1 is 0.933 bits per heavy atom. The van der Waals surface area contributed by atoms with Crippen molar-refractivity contribution in [2.45, 2.75) is 64.6 Å². The molecule has 2 aromatic carbocycles. The molecule has 2 nitrogen and oxygen atoms in total. The van der Waals surface area contributed by atoms with Crippen molar-refractivity contribution in [1.82, 2.24) is 5.32 Å². The Morgan fingerprint density at radius 2 is 1.50 bits per heavy atom. The highest BCUT2D eigenvalue weighted by Gasteiger charge is 2.52. The summed E-state index contributed by atoms with van der Waals surface area (Å²) < 4.78 is 5.91. The number of hydrogen-bond donors (Lipinski definition) is 1. The monoisotopic (exact) mass is 443 g/mol. The van der Waals surface area contributed by atoms with Gasteiger partial charge in [0.2, 0.25) is 0 Å². The first kappa shape index (κ1) is 20.7. The van der Waals surface area contributed by atoms with Crippen molar-refractivity contribution in [2.24, 2.45) is 23.2 Å². The summed E-state index contributed by atoms with van der Waals surface area (Å²) in [6.07, 6.45) is 8.87. The van der Waals surface area contributed by atoms with E-state index >= 15 is 0 Å². The molecule has 2 aromatic rings. The molecule has 0 unspecified atom stereocenters. The summed E-state index contributed by atoms with van der Waals surface area (Å²) in [6, 6.07) is 14.5. The normalized spacial score (nSPS) is 30.4. The van der Waals surface area contributed by atoms with Crippen LogP contribution in [-0.2, 0) is 13.2 Å². The van der Waals surface area contributed by atoms with Gasteiger partial charge in [0.15, 0.2) is 0 Å². The zero-order chi connectivity index (χ0) is 20.7. The molecule has 0 radical (unpaired) electrons. The minimum atomic E-state index is 0.374. The predicted molar refractivity (Wildman–Crippen MR) is 124 cm³/mol. The number of nitrogens with one attached hydrogen (secondary N) is 1. The summed E-state index contributed by atoms with van der Waals surface area (Å²) >= 11 is 12.5. The van der Waals surface area contributed by atoms with Gasteiger partial charge in [-0.05, 0) is 98.4 Å². The van der Waals surface area contributed by atoms with Crippen molar-refractivity contribution in [1.29, 1.82) is 0 Å². The largest absolute Gasteiger partial charge is 0.489 e. The van der Waals surface area contributed by atoms with E-state index in [1.54, 1.807) is 0 Å². The number of rotatable bonds is 7. The van der Waals surface area contributed by atoms with Gasteiger partial charge in [-0.3, -0.25) is 0 Å². The van der Waals surface area contributed by atoms with Gasteiger partial charge in [-0.25, -0.2) is 0 Å². The second-order valence-electron chi connectivity index (χ2n) is 10.0. The molecule has 0 aromatic heterocycles. The molecular weight excluding hydrogens is 413 g/mol. The average Bonchev–Trinajstić information content (AvgIpc) is 2.71. The molecule has 4 bridgehead atoms. The van der Waals surface area contributed by atoms with Crippen LogP contribution < -0.4 is 10.1 Å². The van der Waals surface area contributed by atoms with Crippen molar-refractivity contribution < 1.29 is 4.74 Å². The van der Waals surface area contributed by atoms with Crippen molar-refractivity contribution >= 4 is 23.2 Å². The summed E-state index contributed by atoms with van der Waals surface area (Å²) in [7, 11) is 0. The lowest BCUT2D eigenvalue weighted by atomic mass is 9.48. The van der Waals surface area contributed by atoms with Crippen molar-refractivity contribution in [3.63, 3.8) is 0 Å². The number of hydrogen-bond acceptors (Lipinski definition) is 2. The quantitative estimate of drug-likeness (QED) is 0.485. The molecular formula is C26H31Cl2NO. The zero-order valence-electron chi connectivity index (χ0n) is 17.7. The van der Waals surface area contributed by atoms with Gasteiger partial charge in [0, 0.05) is 28.2 Å². The summed E-state index contributed by atoms with van der Waals surface area (Å²) in [4.78, 5) is 0. The highest BCUT2D eigenvalue weighted by Crippen LogP contribution is 2.61. The lowest BCUT2D eigenvalue weighted by Gasteiger charge is -2.59. The fraction of sp³-hybridized carbons (Fsp3) is 0.538. The van der Waals surface area contributed by atoms with Gasteiger partial charge in [-0.2, -0.15) is 0 Å². The van der Waals surface area contributed by atoms with Crippen LogP contribution in [0.15, 0.2) is 42.5 Å². The molecule has 4 aliphatic rings. The van der Waals surface area contributed by atoms with E-state index in [0.29, 0.717) is 28.1 Å². The van der Waals surface area contributed by atoms with Gasteiger partial charge in [0.25, 0.3) is 0 Å². The second kappa shape index (κ2) is 8.37. The highest BCUT2D eigenvalue weighted by atomic mass is 35.5. The third kappa shape index (κ3) is 4.11. The molecule has 0 heterocycles. The van der Waals surface area contributed by atoms with Gasteiger partial charge in [-0.1, -0.05) is 41.4 Å². The Hall–Kier alpha value is -1.22. The van der Waals surface area contributed by atoms with E-state index in [9.17, 15) is 0 Å². The Morgan fingerprint density at radius 3 is 2.07 bits per heavy atom. The topological polar surface area (TPSA) is 21.3 Å². The fourth-order valence-electron chi connectivity index (χ4n) is 6.72. The van der Waals surface area contributed by atoms with Crippen LogP contribution in [0.5, 0.6) is 5.75 Å². The molecule has 160 valence electrons. The molecule has 4 heteroatoms. The van der Waals surface area contributed by atoms with Gasteiger partial charge in [-0.15, -0.1) is 0 Å². The van der Waals surface area contributed by atoms with Crippen LogP contribution in [0.4, 0.5) is 0 Å². The molecule has 30 heavy (non-hydrogen) atoms. The smallest absolute Gasteiger partial charge is 0.119 e. The van der Waals surface area contributed by atoms with Gasteiger partial charge in [0.1, 0.15) is 12.4 Å². The van der Waals surface area contributed by atoms with E-state index in [1.807, 2.05) is 30.3 Å². The first-order chi connectivity index (χ1) is 14.5. The van der Waals surface area contributed by atoms with Crippen molar-refractivity contribution in [2.75, 3.05) is 0 Å². The third-order valence-electron chi connectivity index (χ3n) is 7.98. The summed E-state index contributed by atoms with van der Waals surface area (Å²) in [6.45, 7) is 3.72. The first-order valence-corrected chi connectivity index (χ1v) is 12.1. The van der Waals surface area contributed by atoms with Crippen LogP contribution in [0.2, 0.25) is 10.0 Å². The standard InChI is InChI=1S/C26H31Cl2NO/c1-17(26-12-19-9-20(13-26)11-21(10-19)14-26)29-15-18-5-7-22(8-6-18)30-16-23-24(27)3-2-4-25(23)28/h2-8,17,19-21,29H,9-16H2,1H3/t17-,19?,20?,21?,26?/m1/s1. The van der Waals surface area contributed by atoms with E-state index in [0.717, 1.165) is 35.6 Å². The van der Waals surface area contributed by atoms with E-state index in [2.05, 4.69) is 24.4 Å². The van der Waals surface area contributed by atoms with Crippen molar-refractivity contribution in [3.05, 3.63) is 63.6 Å². The predicted octanol–water partition coefficient (Wildman–Crippen LogP) is 7.27. The molecule has 6 rings (SSSR count). The second-order valence-corrected chi connectivity index (χ2v) is 10.8. The molecule has 4 aliphatic carbocycles. The molecule has 4 fully saturated rings. The lowest BCUT2D eigenvalue weighted by molar-refractivity contribution is -0.0706. The third-order valence-corrected chi connectivity index (χ3v) is 8.69. The van der Waals surface area contributed by atoms with E-state index in [4.69, 9.17) is 27.9 Å². The molecule has 0 spiro atoms. The average molecular weight is 444 g/mol. The first-order valence-electron chi connectivity index (χ1n) is 11.4. The molecule has 4 saturated carbocycles. The Balaban J connectivity index is 1.16. The Bertz CT molecular complexity index is 839. The summed E-state index contributed by atoms with van der Waals surface area (Å²) in [5.74, 6) is 3.85. The van der Waals surface area contributed by atoms with Crippen LogP contribution in [0, 0.1) is 23.2 Å². The molecule has 0 aliphatic heterocycles. The fourth-order valence-corrected chi connectivity index (χ4v) is 7.23. The van der Waals surface area contributed by atoms with E-state index in [-0.39, 0.29) is 0 Å².